The fourth-order valence-electron chi connectivity index (χ4n) is 2.65. The minimum absolute atomic E-state index is 0.00384. The number of halogens is 3. The highest BCUT2D eigenvalue weighted by molar-refractivity contribution is 5.89. The summed E-state index contributed by atoms with van der Waals surface area (Å²) >= 11 is 0. The van der Waals surface area contributed by atoms with Crippen LogP contribution in [-0.2, 0) is 27.1 Å². The van der Waals surface area contributed by atoms with Gasteiger partial charge in [-0.15, -0.1) is 0 Å². The molecule has 1 aliphatic heterocycles. The van der Waals surface area contributed by atoms with Gasteiger partial charge in [0.05, 0.1) is 18.0 Å². The Balaban J connectivity index is 1.97. The van der Waals surface area contributed by atoms with Crippen LogP contribution in [0.25, 0.3) is 0 Å². The highest BCUT2D eigenvalue weighted by Gasteiger charge is 2.37. The number of rotatable bonds is 6. The number of aliphatic hydroxyl groups is 1. The topological polar surface area (TPSA) is 107 Å². The smallest absolute Gasteiger partial charge is 0.416 e. The highest BCUT2D eigenvalue weighted by atomic mass is 19.4. The number of hydrogen-bond donors (Lipinski definition) is 3. The fraction of sp³-hybridized carbons (Fsp3) is 0.471. The van der Waals surface area contributed by atoms with Crippen LogP contribution >= 0.6 is 0 Å². The van der Waals surface area contributed by atoms with Gasteiger partial charge in [-0.05, 0) is 24.6 Å². The third-order valence-electron chi connectivity index (χ3n) is 4.28. The van der Waals surface area contributed by atoms with E-state index in [0.717, 1.165) is 19.1 Å². The van der Waals surface area contributed by atoms with Gasteiger partial charge in [-0.1, -0.05) is 12.1 Å². The summed E-state index contributed by atoms with van der Waals surface area (Å²) in [6.45, 7) is 0.421. The molecule has 2 amide bonds. The van der Waals surface area contributed by atoms with Gasteiger partial charge in [0, 0.05) is 19.5 Å². The zero-order valence-electron chi connectivity index (χ0n) is 14.4. The highest BCUT2D eigenvalue weighted by Crippen LogP contribution is 2.30. The molecule has 1 aromatic rings. The molecule has 1 aromatic carbocycles. The van der Waals surface area contributed by atoms with Gasteiger partial charge in [0.1, 0.15) is 0 Å². The monoisotopic (exact) mass is 388 g/mol. The number of nitrogens with zero attached hydrogens (tertiary/aromatic N) is 1. The van der Waals surface area contributed by atoms with Crippen molar-refractivity contribution in [1.29, 1.82) is 0 Å². The summed E-state index contributed by atoms with van der Waals surface area (Å²) in [5, 5.41) is 20.7. The number of hydrogen-bond acceptors (Lipinski definition) is 4. The Bertz CT molecular complexity index is 748. The number of amides is 2. The van der Waals surface area contributed by atoms with Crippen LogP contribution in [0.5, 0.6) is 0 Å². The second-order valence-electron chi connectivity index (χ2n) is 6.67. The number of carbonyl (C=O) groups is 3. The molecule has 10 heteroatoms. The molecule has 0 aromatic heterocycles. The van der Waals surface area contributed by atoms with E-state index in [1.165, 1.54) is 17.0 Å². The zero-order chi connectivity index (χ0) is 20.4. The average molecular weight is 388 g/mol. The second-order valence-corrected chi connectivity index (χ2v) is 6.67. The van der Waals surface area contributed by atoms with Gasteiger partial charge in [-0.3, -0.25) is 9.59 Å². The van der Waals surface area contributed by atoms with Crippen LogP contribution in [0.2, 0.25) is 0 Å². The third kappa shape index (κ3) is 5.19. The summed E-state index contributed by atoms with van der Waals surface area (Å²) < 4.78 is 38.3. The Labute approximate surface area is 152 Å². The molecule has 0 bridgehead atoms. The first-order valence-electron chi connectivity index (χ1n) is 8.07. The van der Waals surface area contributed by atoms with Crippen molar-refractivity contribution < 1.29 is 37.8 Å². The number of carboxylic acids is 1. The van der Waals surface area contributed by atoms with Gasteiger partial charge >= 0.3 is 12.1 Å². The molecule has 7 nitrogen and oxygen atoms in total. The molecular formula is C17H19F3N2O5. The normalized spacial score (nSPS) is 19.7. The lowest BCUT2D eigenvalue weighted by molar-refractivity contribution is -0.156. The number of carboxylic acid groups (broad SMARTS) is 1. The summed E-state index contributed by atoms with van der Waals surface area (Å²) in [5.41, 5.74) is -2.68. The van der Waals surface area contributed by atoms with E-state index in [9.17, 15) is 32.7 Å². The van der Waals surface area contributed by atoms with E-state index in [-0.39, 0.29) is 25.1 Å². The predicted molar refractivity (Wildman–Crippen MR) is 86.2 cm³/mol. The molecule has 148 valence electrons. The molecule has 1 fully saturated rings. The summed E-state index contributed by atoms with van der Waals surface area (Å²) in [6, 6.07) is 4.58. The first-order valence-corrected chi connectivity index (χ1v) is 8.07. The summed E-state index contributed by atoms with van der Waals surface area (Å²) in [5.74, 6) is -3.27. The van der Waals surface area contributed by atoms with Crippen LogP contribution in [0.4, 0.5) is 13.2 Å². The minimum atomic E-state index is -4.49. The Morgan fingerprint density at radius 2 is 2.00 bits per heavy atom. The zero-order valence-corrected chi connectivity index (χ0v) is 14.4. The lowest BCUT2D eigenvalue weighted by Gasteiger charge is -2.20. The van der Waals surface area contributed by atoms with E-state index in [4.69, 9.17) is 5.11 Å². The molecule has 1 saturated heterocycles. The van der Waals surface area contributed by atoms with Crippen molar-refractivity contribution in [2.45, 2.75) is 31.7 Å². The van der Waals surface area contributed by atoms with E-state index in [1.807, 2.05) is 0 Å². The second kappa shape index (κ2) is 7.55. The number of benzene rings is 1. The SMILES string of the molecule is CC(O)(CNC(=O)C1CC(=O)N(Cc2cccc(C(F)(F)F)c2)C1)C(=O)O. The summed E-state index contributed by atoms with van der Waals surface area (Å²) in [4.78, 5) is 36.3. The van der Waals surface area contributed by atoms with Crippen molar-refractivity contribution in [3.8, 4) is 0 Å². The van der Waals surface area contributed by atoms with Gasteiger partial charge in [-0.2, -0.15) is 13.2 Å². The van der Waals surface area contributed by atoms with Gasteiger partial charge < -0.3 is 20.4 Å². The molecule has 27 heavy (non-hydrogen) atoms. The molecule has 2 rings (SSSR count). The van der Waals surface area contributed by atoms with Crippen molar-refractivity contribution in [2.24, 2.45) is 5.92 Å². The number of alkyl halides is 3. The third-order valence-corrected chi connectivity index (χ3v) is 4.28. The molecule has 0 spiro atoms. The fourth-order valence-corrected chi connectivity index (χ4v) is 2.65. The van der Waals surface area contributed by atoms with Gasteiger partial charge in [0.2, 0.25) is 11.8 Å². The van der Waals surface area contributed by atoms with Crippen LogP contribution in [-0.4, -0.2) is 51.6 Å². The lowest BCUT2D eigenvalue weighted by Crippen LogP contribution is -2.48. The average Bonchev–Trinajstić information content (AvgIpc) is 2.93. The summed E-state index contributed by atoms with van der Waals surface area (Å²) in [7, 11) is 0. The maximum Gasteiger partial charge on any atom is 0.416 e. The Morgan fingerprint density at radius 3 is 2.59 bits per heavy atom. The largest absolute Gasteiger partial charge is 0.479 e. The number of likely N-dealkylation sites (tertiary alicyclic amines) is 1. The Kier molecular flexibility index (Phi) is 5.79. The van der Waals surface area contributed by atoms with E-state index in [0.29, 0.717) is 0 Å². The molecule has 0 radical (unpaired) electrons. The Morgan fingerprint density at radius 1 is 1.33 bits per heavy atom. The molecule has 2 unspecified atom stereocenters. The van der Waals surface area contributed by atoms with Crippen molar-refractivity contribution in [3.63, 3.8) is 0 Å². The Hall–Kier alpha value is -2.62. The van der Waals surface area contributed by atoms with E-state index >= 15 is 0 Å². The standard InChI is InChI=1S/C17H19F3N2O5/c1-16(27,15(25)26)9-21-14(24)11-6-13(23)22(8-11)7-10-3-2-4-12(5-10)17(18,19)20/h2-5,11,27H,6-9H2,1H3,(H,21,24)(H,25,26). The molecule has 0 aliphatic carbocycles. The maximum atomic E-state index is 12.8. The summed E-state index contributed by atoms with van der Waals surface area (Å²) in [6.07, 6.45) is -4.63. The van der Waals surface area contributed by atoms with Crippen LogP contribution in [0.3, 0.4) is 0 Å². The van der Waals surface area contributed by atoms with E-state index < -0.39 is 47.6 Å². The van der Waals surface area contributed by atoms with Crippen LogP contribution in [0.15, 0.2) is 24.3 Å². The van der Waals surface area contributed by atoms with E-state index in [1.54, 1.807) is 0 Å². The predicted octanol–water partition coefficient (Wildman–Crippen LogP) is 1.01. The van der Waals surface area contributed by atoms with Gasteiger partial charge in [0.25, 0.3) is 0 Å². The molecule has 0 saturated carbocycles. The minimum Gasteiger partial charge on any atom is -0.479 e. The lowest BCUT2D eigenvalue weighted by atomic mass is 10.1. The first kappa shape index (κ1) is 20.7. The number of nitrogens with one attached hydrogen (secondary N) is 1. The molecular weight excluding hydrogens is 369 g/mol. The van der Waals surface area contributed by atoms with Crippen molar-refractivity contribution in [2.75, 3.05) is 13.1 Å². The molecule has 1 aliphatic rings. The van der Waals surface area contributed by atoms with E-state index in [2.05, 4.69) is 5.32 Å². The maximum absolute atomic E-state index is 12.8. The number of aliphatic carboxylic acids is 1. The molecule has 3 N–H and O–H groups in total. The first-order chi connectivity index (χ1) is 12.4. The van der Waals surface area contributed by atoms with Crippen molar-refractivity contribution in [1.82, 2.24) is 10.2 Å². The van der Waals surface area contributed by atoms with Gasteiger partial charge in [0.15, 0.2) is 5.60 Å². The van der Waals surface area contributed by atoms with Gasteiger partial charge in [-0.25, -0.2) is 4.79 Å². The molecule has 1 heterocycles. The number of carbonyl (C=O) groups excluding carboxylic acids is 2. The van der Waals surface area contributed by atoms with Crippen LogP contribution < -0.4 is 5.32 Å². The van der Waals surface area contributed by atoms with Crippen molar-refractivity contribution in [3.05, 3.63) is 35.4 Å². The molecule has 2 atom stereocenters. The quantitative estimate of drug-likeness (QED) is 0.674. The van der Waals surface area contributed by atoms with Crippen LogP contribution in [0, 0.1) is 5.92 Å². The van der Waals surface area contributed by atoms with Crippen molar-refractivity contribution >= 4 is 17.8 Å². The van der Waals surface area contributed by atoms with Crippen LogP contribution in [0.1, 0.15) is 24.5 Å².